The molecule has 3 heterocycles. The Bertz CT molecular complexity index is 1220. The number of amides is 1. The van der Waals surface area contributed by atoms with Gasteiger partial charge in [-0.2, -0.15) is 9.78 Å². The molecule has 8 nitrogen and oxygen atoms in total. The van der Waals surface area contributed by atoms with Gasteiger partial charge in [0.2, 0.25) is 0 Å². The van der Waals surface area contributed by atoms with Crippen molar-refractivity contribution in [3.05, 3.63) is 64.6 Å². The fraction of sp³-hybridized carbons (Fsp3) is 0.318. The van der Waals surface area contributed by atoms with E-state index in [1.165, 1.54) is 5.56 Å². The minimum Gasteiger partial charge on any atom is -0.352 e. The van der Waals surface area contributed by atoms with Gasteiger partial charge in [-0.15, -0.1) is 5.10 Å². The van der Waals surface area contributed by atoms with Crippen LogP contribution in [0.2, 0.25) is 0 Å². The largest absolute Gasteiger partial charge is 0.352 e. The fourth-order valence-electron chi connectivity index (χ4n) is 3.71. The van der Waals surface area contributed by atoms with Crippen molar-refractivity contribution in [2.45, 2.75) is 40.7 Å². The zero-order chi connectivity index (χ0) is 21.3. The molecule has 1 N–H and O–H groups in total. The predicted molar refractivity (Wildman–Crippen MR) is 115 cm³/mol. The highest BCUT2D eigenvalue weighted by Crippen LogP contribution is 2.19. The molecule has 0 fully saturated rings. The topological polar surface area (TPSA) is 90.5 Å². The van der Waals surface area contributed by atoms with Crippen LogP contribution in [0.4, 0.5) is 0 Å². The number of aryl methyl sites for hydroxylation is 3. The molecule has 4 aromatic rings. The molecule has 0 bridgehead atoms. The Morgan fingerprint density at radius 3 is 2.77 bits per heavy atom. The first-order valence-electron chi connectivity index (χ1n) is 10.1. The summed E-state index contributed by atoms with van der Waals surface area (Å²) in [4.78, 5) is 17.1. The van der Waals surface area contributed by atoms with Gasteiger partial charge >= 0.3 is 0 Å². The predicted octanol–water partition coefficient (Wildman–Crippen LogP) is 2.93. The van der Waals surface area contributed by atoms with Crippen LogP contribution in [-0.4, -0.2) is 42.2 Å². The highest BCUT2D eigenvalue weighted by Gasteiger charge is 2.14. The Balaban J connectivity index is 1.51. The normalized spacial score (nSPS) is 11.2. The van der Waals surface area contributed by atoms with E-state index in [1.54, 1.807) is 10.9 Å². The average Bonchev–Trinajstić information content (AvgIpc) is 3.29. The van der Waals surface area contributed by atoms with Crippen LogP contribution < -0.4 is 5.32 Å². The van der Waals surface area contributed by atoms with E-state index in [9.17, 15) is 4.79 Å². The van der Waals surface area contributed by atoms with Crippen molar-refractivity contribution in [3.8, 4) is 5.69 Å². The quantitative estimate of drug-likeness (QED) is 0.535. The molecule has 4 rings (SSSR count). The lowest BCUT2D eigenvalue weighted by Gasteiger charge is -2.10. The lowest BCUT2D eigenvalue weighted by atomic mass is 10.1. The Morgan fingerprint density at radius 2 is 2.00 bits per heavy atom. The number of nitrogens with one attached hydrogen (secondary N) is 1. The first-order valence-corrected chi connectivity index (χ1v) is 10.1. The van der Waals surface area contributed by atoms with Crippen LogP contribution in [-0.2, 0) is 13.0 Å². The van der Waals surface area contributed by atoms with Crippen LogP contribution in [0.25, 0.3) is 16.9 Å². The number of fused-ring (bicyclic) bond motifs is 1. The second-order valence-corrected chi connectivity index (χ2v) is 7.32. The SMILES string of the molecule is CCn1nc(C)c(CCNC(=O)c2ccc(C)c(-n3nnc4cccnc43)c2)c1C. The summed E-state index contributed by atoms with van der Waals surface area (Å²) in [5.41, 5.74) is 7.11. The minimum atomic E-state index is -0.119. The van der Waals surface area contributed by atoms with Crippen molar-refractivity contribution in [2.24, 2.45) is 0 Å². The summed E-state index contributed by atoms with van der Waals surface area (Å²) in [6.45, 7) is 9.53. The van der Waals surface area contributed by atoms with Crippen LogP contribution in [0.3, 0.4) is 0 Å². The molecular formula is C22H25N7O. The number of hydrogen-bond donors (Lipinski definition) is 1. The zero-order valence-corrected chi connectivity index (χ0v) is 17.7. The number of rotatable bonds is 6. The molecule has 0 spiro atoms. The summed E-state index contributed by atoms with van der Waals surface area (Å²) >= 11 is 0. The molecule has 0 radical (unpaired) electrons. The molecule has 1 amide bonds. The maximum atomic E-state index is 12.8. The molecule has 30 heavy (non-hydrogen) atoms. The number of benzene rings is 1. The summed E-state index contributed by atoms with van der Waals surface area (Å²) in [6, 6.07) is 9.26. The van der Waals surface area contributed by atoms with Crippen molar-refractivity contribution < 1.29 is 4.79 Å². The highest BCUT2D eigenvalue weighted by atomic mass is 16.1. The molecule has 8 heteroatoms. The Kier molecular flexibility index (Phi) is 5.31. The van der Waals surface area contributed by atoms with Gasteiger partial charge in [-0.25, -0.2) is 4.98 Å². The lowest BCUT2D eigenvalue weighted by Crippen LogP contribution is -2.26. The summed E-state index contributed by atoms with van der Waals surface area (Å²) in [5, 5.41) is 15.9. The van der Waals surface area contributed by atoms with E-state index in [4.69, 9.17) is 0 Å². The smallest absolute Gasteiger partial charge is 0.251 e. The zero-order valence-electron chi connectivity index (χ0n) is 17.7. The molecular weight excluding hydrogens is 378 g/mol. The molecule has 0 saturated heterocycles. The first kappa shape index (κ1) is 19.8. The van der Waals surface area contributed by atoms with Gasteiger partial charge in [-0.1, -0.05) is 11.3 Å². The van der Waals surface area contributed by atoms with Crippen molar-refractivity contribution in [3.63, 3.8) is 0 Å². The van der Waals surface area contributed by atoms with E-state index in [0.717, 1.165) is 35.6 Å². The van der Waals surface area contributed by atoms with Gasteiger partial charge in [0, 0.05) is 30.5 Å². The van der Waals surface area contributed by atoms with Gasteiger partial charge in [-0.05, 0) is 69.5 Å². The van der Waals surface area contributed by atoms with Crippen LogP contribution in [0, 0.1) is 20.8 Å². The fourth-order valence-corrected chi connectivity index (χ4v) is 3.71. The summed E-state index contributed by atoms with van der Waals surface area (Å²) in [7, 11) is 0. The third kappa shape index (κ3) is 3.56. The van der Waals surface area contributed by atoms with Crippen molar-refractivity contribution in [1.82, 2.24) is 35.1 Å². The summed E-state index contributed by atoms with van der Waals surface area (Å²) < 4.78 is 3.67. The summed E-state index contributed by atoms with van der Waals surface area (Å²) in [6.07, 6.45) is 2.46. The van der Waals surface area contributed by atoms with Gasteiger partial charge < -0.3 is 5.32 Å². The second kappa shape index (κ2) is 8.06. The molecule has 0 unspecified atom stereocenters. The molecule has 3 aromatic heterocycles. The number of nitrogens with zero attached hydrogens (tertiary/aromatic N) is 6. The van der Waals surface area contributed by atoms with E-state index in [0.29, 0.717) is 23.3 Å². The van der Waals surface area contributed by atoms with Crippen LogP contribution in [0.15, 0.2) is 36.5 Å². The van der Waals surface area contributed by atoms with Crippen molar-refractivity contribution >= 4 is 17.1 Å². The average molecular weight is 403 g/mol. The third-order valence-electron chi connectivity index (χ3n) is 5.40. The highest BCUT2D eigenvalue weighted by molar-refractivity contribution is 5.95. The van der Waals surface area contributed by atoms with Crippen LogP contribution in [0.5, 0.6) is 0 Å². The van der Waals surface area contributed by atoms with E-state index >= 15 is 0 Å². The Hall–Kier alpha value is -3.55. The molecule has 0 aliphatic heterocycles. The number of carbonyl (C=O) groups excluding carboxylic acids is 1. The second-order valence-electron chi connectivity index (χ2n) is 7.32. The summed E-state index contributed by atoms with van der Waals surface area (Å²) in [5.74, 6) is -0.119. The third-order valence-corrected chi connectivity index (χ3v) is 5.40. The van der Waals surface area contributed by atoms with Gasteiger partial charge in [0.05, 0.1) is 11.4 Å². The number of hydrogen-bond acceptors (Lipinski definition) is 5. The van der Waals surface area contributed by atoms with Gasteiger partial charge in [-0.3, -0.25) is 9.48 Å². The molecule has 0 aliphatic rings. The maximum absolute atomic E-state index is 12.8. The van der Waals surface area contributed by atoms with Gasteiger partial charge in [0.1, 0.15) is 5.52 Å². The molecule has 0 aliphatic carbocycles. The molecule has 0 saturated carbocycles. The van der Waals surface area contributed by atoms with Crippen LogP contribution >= 0.6 is 0 Å². The van der Waals surface area contributed by atoms with E-state index in [-0.39, 0.29) is 5.91 Å². The number of carbonyl (C=O) groups is 1. The van der Waals surface area contributed by atoms with Crippen molar-refractivity contribution in [2.75, 3.05) is 6.54 Å². The monoisotopic (exact) mass is 403 g/mol. The maximum Gasteiger partial charge on any atom is 0.251 e. The van der Waals surface area contributed by atoms with Gasteiger partial charge in [0.25, 0.3) is 5.91 Å². The minimum absolute atomic E-state index is 0.119. The van der Waals surface area contributed by atoms with Gasteiger partial charge in [0.15, 0.2) is 5.65 Å². The lowest BCUT2D eigenvalue weighted by molar-refractivity contribution is 0.0954. The van der Waals surface area contributed by atoms with Crippen molar-refractivity contribution in [1.29, 1.82) is 0 Å². The Morgan fingerprint density at radius 1 is 1.17 bits per heavy atom. The van der Waals surface area contributed by atoms with E-state index in [2.05, 4.69) is 39.6 Å². The first-order chi connectivity index (χ1) is 14.5. The molecule has 1 aromatic carbocycles. The van der Waals surface area contributed by atoms with Crippen LogP contribution in [0.1, 0.15) is 39.8 Å². The standard InChI is InChI=1S/C22H25N7O/c1-5-28-16(4)18(15(3)26-28)10-12-24-22(30)17-9-8-14(2)20(13-17)29-21-19(25-27-29)7-6-11-23-21/h6-9,11,13H,5,10,12H2,1-4H3,(H,24,30). The number of pyridine rings is 1. The van der Waals surface area contributed by atoms with E-state index in [1.807, 2.05) is 48.9 Å². The number of aromatic nitrogens is 6. The Labute approximate surface area is 174 Å². The molecule has 0 atom stereocenters. The van der Waals surface area contributed by atoms with E-state index < -0.39 is 0 Å². The molecule has 154 valence electrons.